The zero-order valence-electron chi connectivity index (χ0n) is 21.3. The molecule has 0 bridgehead atoms. The lowest BCUT2D eigenvalue weighted by molar-refractivity contribution is -0.274. The number of alkyl halides is 3. The fourth-order valence-corrected chi connectivity index (χ4v) is 5.40. The van der Waals surface area contributed by atoms with Gasteiger partial charge < -0.3 is 15.0 Å². The molecule has 2 amide bonds. The average Bonchev–Trinajstić information content (AvgIpc) is 3.25. The van der Waals surface area contributed by atoms with Crippen molar-refractivity contribution in [2.24, 2.45) is 5.92 Å². The number of amides is 2. The fraction of sp³-hybridized carbons (Fsp3) is 0.286. The number of nitrogens with zero attached hydrogens (tertiary/aromatic N) is 3. The largest absolute Gasteiger partial charge is 0.573 e. The molecule has 3 heterocycles. The number of hydrogen-bond acceptors (Lipinski definition) is 8. The molecular weight excluding hydrogens is 543 g/mol. The Kier molecular flexibility index (Phi) is 8.36. The summed E-state index contributed by atoms with van der Waals surface area (Å²) < 4.78 is 43.1. The van der Waals surface area contributed by atoms with Crippen molar-refractivity contribution < 1.29 is 27.5 Å². The summed E-state index contributed by atoms with van der Waals surface area (Å²) in [4.78, 5) is 34.5. The molecule has 2 N–H and O–H groups in total. The molecule has 2 aliphatic rings. The standard InChI is InChI=1S/C28H26F3N5O3S/c29-28(30,31)39-23-8-4-3-7-22(23)21-6-2-1-5-19(21)17-32-16-18-10-13-36(14-11-18)26-33-12-9-20(34-26)15-24-25(37)35-27(38)40-24/h1-9,12,15,18,32H,10-11,13-14,16-17H2,(H,35,37,38). The van der Waals surface area contributed by atoms with Gasteiger partial charge in [0, 0.05) is 31.4 Å². The second-order valence-electron chi connectivity index (χ2n) is 9.40. The predicted molar refractivity (Wildman–Crippen MR) is 146 cm³/mol. The van der Waals surface area contributed by atoms with Gasteiger partial charge in [-0.05, 0) is 66.4 Å². The van der Waals surface area contributed by atoms with Crippen molar-refractivity contribution in [3.05, 3.63) is 77.0 Å². The van der Waals surface area contributed by atoms with Crippen LogP contribution < -0.4 is 20.3 Å². The first kappa shape index (κ1) is 27.7. The number of nitrogens with one attached hydrogen (secondary N) is 2. The monoisotopic (exact) mass is 569 g/mol. The third kappa shape index (κ3) is 6.99. The second-order valence-corrected chi connectivity index (χ2v) is 10.4. The smallest absolute Gasteiger partial charge is 0.405 e. The number of carbonyl (C=O) groups excluding carboxylic acids is 2. The summed E-state index contributed by atoms with van der Waals surface area (Å²) in [5, 5.41) is 5.30. The molecule has 0 atom stereocenters. The maximum absolute atomic E-state index is 12.9. The quantitative estimate of drug-likeness (QED) is 0.350. The highest BCUT2D eigenvalue weighted by molar-refractivity contribution is 8.18. The van der Waals surface area contributed by atoms with Crippen molar-refractivity contribution in [2.45, 2.75) is 25.7 Å². The third-order valence-corrected chi connectivity index (χ3v) is 7.46. The molecule has 3 aromatic rings. The van der Waals surface area contributed by atoms with Gasteiger partial charge >= 0.3 is 6.36 Å². The highest BCUT2D eigenvalue weighted by Crippen LogP contribution is 2.35. The zero-order valence-corrected chi connectivity index (χ0v) is 22.1. The van der Waals surface area contributed by atoms with E-state index in [-0.39, 0.29) is 5.75 Å². The van der Waals surface area contributed by atoms with Crippen molar-refractivity contribution in [2.75, 3.05) is 24.5 Å². The van der Waals surface area contributed by atoms with E-state index in [1.807, 2.05) is 12.1 Å². The summed E-state index contributed by atoms with van der Waals surface area (Å²) >= 11 is 0.848. The van der Waals surface area contributed by atoms with Crippen LogP contribution in [0.4, 0.5) is 23.9 Å². The number of rotatable bonds is 8. The molecule has 2 aromatic carbocycles. The Morgan fingerprint density at radius 2 is 1.77 bits per heavy atom. The molecule has 1 aromatic heterocycles. The molecule has 5 rings (SSSR count). The number of piperidine rings is 1. The molecule has 0 aliphatic carbocycles. The number of carbonyl (C=O) groups is 2. The Morgan fingerprint density at radius 3 is 2.50 bits per heavy atom. The molecule has 208 valence electrons. The SMILES string of the molecule is O=C1NC(=O)C(=Cc2ccnc(N3CCC(CNCc4ccccc4-c4ccccc4OC(F)(F)F)CC3)n2)S1. The van der Waals surface area contributed by atoms with Crippen LogP contribution in [0.5, 0.6) is 5.75 Å². The Bertz CT molecular complexity index is 1420. The topological polar surface area (TPSA) is 96.5 Å². The lowest BCUT2D eigenvalue weighted by Crippen LogP contribution is -2.38. The third-order valence-electron chi connectivity index (χ3n) is 6.65. The summed E-state index contributed by atoms with van der Waals surface area (Å²) in [7, 11) is 0. The number of ether oxygens (including phenoxy) is 1. The molecule has 0 saturated carbocycles. The van der Waals surface area contributed by atoms with E-state index in [1.165, 1.54) is 12.1 Å². The highest BCUT2D eigenvalue weighted by atomic mass is 32.2. The molecule has 12 heteroatoms. The van der Waals surface area contributed by atoms with Crippen LogP contribution in [0.25, 0.3) is 17.2 Å². The highest BCUT2D eigenvalue weighted by Gasteiger charge is 2.32. The van der Waals surface area contributed by atoms with Gasteiger partial charge in [0.05, 0.1) is 10.6 Å². The number of aromatic nitrogens is 2. The number of imide groups is 1. The van der Waals surface area contributed by atoms with Gasteiger partial charge in [-0.15, -0.1) is 13.2 Å². The predicted octanol–water partition coefficient (Wildman–Crippen LogP) is 5.37. The van der Waals surface area contributed by atoms with Crippen LogP contribution in [-0.2, 0) is 11.3 Å². The van der Waals surface area contributed by atoms with E-state index >= 15 is 0 Å². The molecule has 0 radical (unpaired) electrons. The first-order valence-electron chi connectivity index (χ1n) is 12.7. The summed E-state index contributed by atoms with van der Waals surface area (Å²) in [5.41, 5.74) is 2.52. The lowest BCUT2D eigenvalue weighted by atomic mass is 9.96. The lowest BCUT2D eigenvalue weighted by Gasteiger charge is -2.32. The van der Waals surface area contributed by atoms with Crippen LogP contribution in [-0.4, -0.2) is 47.1 Å². The Morgan fingerprint density at radius 1 is 1.05 bits per heavy atom. The van der Waals surface area contributed by atoms with Crippen molar-refractivity contribution in [1.82, 2.24) is 20.6 Å². The molecule has 40 heavy (non-hydrogen) atoms. The minimum atomic E-state index is -4.77. The van der Waals surface area contributed by atoms with E-state index in [2.05, 4.69) is 30.2 Å². The van der Waals surface area contributed by atoms with Gasteiger partial charge in [-0.2, -0.15) is 0 Å². The van der Waals surface area contributed by atoms with Crippen LogP contribution in [0.15, 0.2) is 65.7 Å². The first-order chi connectivity index (χ1) is 19.2. The first-order valence-corrected chi connectivity index (χ1v) is 13.5. The van der Waals surface area contributed by atoms with E-state index in [0.29, 0.717) is 40.1 Å². The van der Waals surface area contributed by atoms with E-state index in [0.717, 1.165) is 49.8 Å². The maximum atomic E-state index is 12.9. The van der Waals surface area contributed by atoms with Crippen LogP contribution in [0, 0.1) is 5.92 Å². The van der Waals surface area contributed by atoms with Crippen LogP contribution in [0.1, 0.15) is 24.1 Å². The second kappa shape index (κ2) is 12.1. The number of benzene rings is 2. The van der Waals surface area contributed by atoms with E-state index in [9.17, 15) is 22.8 Å². The minimum Gasteiger partial charge on any atom is -0.405 e. The fourth-order valence-electron chi connectivity index (χ4n) is 4.74. The van der Waals surface area contributed by atoms with Gasteiger partial charge in [-0.1, -0.05) is 42.5 Å². The molecule has 2 aliphatic heterocycles. The average molecular weight is 570 g/mol. The molecule has 0 spiro atoms. The Labute approximate surface area is 233 Å². The van der Waals surface area contributed by atoms with E-state index < -0.39 is 17.5 Å². The normalized spacial score (nSPS) is 17.4. The van der Waals surface area contributed by atoms with Crippen molar-refractivity contribution in [3.63, 3.8) is 0 Å². The number of anilines is 1. The van der Waals surface area contributed by atoms with Gasteiger partial charge in [0.1, 0.15) is 5.75 Å². The Balaban J connectivity index is 1.16. The van der Waals surface area contributed by atoms with Crippen molar-refractivity contribution >= 4 is 34.9 Å². The van der Waals surface area contributed by atoms with Crippen LogP contribution >= 0.6 is 11.8 Å². The van der Waals surface area contributed by atoms with Crippen LogP contribution in [0.2, 0.25) is 0 Å². The molecule has 2 saturated heterocycles. The van der Waals surface area contributed by atoms with Gasteiger partial charge in [-0.3, -0.25) is 14.9 Å². The molecule has 8 nitrogen and oxygen atoms in total. The summed E-state index contributed by atoms with van der Waals surface area (Å²) in [5.74, 6) is 0.337. The number of halogens is 3. The number of thioether (sulfide) groups is 1. The summed E-state index contributed by atoms with van der Waals surface area (Å²) in [6.45, 7) is 2.79. The van der Waals surface area contributed by atoms with Gasteiger partial charge in [0.25, 0.3) is 11.1 Å². The molecular formula is C28H26F3N5O3S. The van der Waals surface area contributed by atoms with Gasteiger partial charge in [-0.25, -0.2) is 9.97 Å². The zero-order chi connectivity index (χ0) is 28.1. The van der Waals surface area contributed by atoms with Crippen molar-refractivity contribution in [1.29, 1.82) is 0 Å². The summed E-state index contributed by atoms with van der Waals surface area (Å²) in [6.07, 6.45) is 0.277. The summed E-state index contributed by atoms with van der Waals surface area (Å²) in [6, 6.07) is 15.2. The van der Waals surface area contributed by atoms with Crippen LogP contribution in [0.3, 0.4) is 0 Å². The maximum Gasteiger partial charge on any atom is 0.573 e. The van der Waals surface area contributed by atoms with E-state index in [4.69, 9.17) is 0 Å². The minimum absolute atomic E-state index is 0.226. The number of hydrogen-bond donors (Lipinski definition) is 2. The molecule has 0 unspecified atom stereocenters. The van der Waals surface area contributed by atoms with E-state index in [1.54, 1.807) is 42.6 Å². The Hall–Kier alpha value is -3.90. The van der Waals surface area contributed by atoms with Crippen molar-refractivity contribution in [3.8, 4) is 16.9 Å². The van der Waals surface area contributed by atoms with Gasteiger partial charge in [0.2, 0.25) is 5.95 Å². The molecule has 2 fully saturated rings. The number of para-hydroxylation sites is 1. The van der Waals surface area contributed by atoms with Gasteiger partial charge in [0.15, 0.2) is 0 Å².